The summed E-state index contributed by atoms with van der Waals surface area (Å²) in [5.41, 5.74) is 5.37. The Balaban J connectivity index is 0.000000956. The van der Waals surface area contributed by atoms with E-state index < -0.39 is 23.4 Å². The normalized spacial score (nSPS) is 28.9. The molecule has 0 spiro atoms. The van der Waals surface area contributed by atoms with Gasteiger partial charge in [0, 0.05) is 16.0 Å². The molecule has 3 atom stereocenters. The molecule has 6 heteroatoms. The summed E-state index contributed by atoms with van der Waals surface area (Å²) in [4.78, 5) is 0. The first-order valence-corrected chi connectivity index (χ1v) is 7.40. The van der Waals surface area contributed by atoms with Gasteiger partial charge in [0.2, 0.25) is 0 Å². The van der Waals surface area contributed by atoms with Crippen molar-refractivity contribution in [3.05, 3.63) is 34.1 Å². The summed E-state index contributed by atoms with van der Waals surface area (Å²) in [5, 5.41) is 18.6. The number of aliphatic hydroxyl groups is 2. The number of nitrogens with two attached hydrogens (primary N) is 1. The molecule has 0 saturated carbocycles. The van der Waals surface area contributed by atoms with Gasteiger partial charge < -0.3 is 20.7 Å². The van der Waals surface area contributed by atoms with E-state index in [9.17, 15) is 14.6 Å². The Kier molecular flexibility index (Phi) is 6.54. The van der Waals surface area contributed by atoms with Crippen LogP contribution in [0.5, 0.6) is 0 Å². The second-order valence-corrected chi connectivity index (χ2v) is 5.40. The van der Waals surface area contributed by atoms with Crippen molar-refractivity contribution in [3.63, 3.8) is 0 Å². The molecule has 1 aliphatic heterocycles. The fraction of sp³-hybridized carbons (Fsp3) is 0.571. The van der Waals surface area contributed by atoms with Crippen molar-refractivity contribution in [2.75, 3.05) is 19.8 Å². The van der Waals surface area contributed by atoms with E-state index in [-0.39, 0.29) is 25.4 Å². The first kappa shape index (κ1) is 17.5. The number of hydrogen-bond donors (Lipinski definition) is 3. The maximum atomic E-state index is 13.9. The molecule has 1 saturated heterocycles. The van der Waals surface area contributed by atoms with Crippen LogP contribution in [0.4, 0.5) is 4.39 Å². The molecule has 1 aromatic rings. The van der Waals surface area contributed by atoms with Crippen molar-refractivity contribution in [2.45, 2.75) is 25.5 Å². The van der Waals surface area contributed by atoms with E-state index in [0.29, 0.717) is 4.47 Å². The predicted molar refractivity (Wildman–Crippen MR) is 78.7 cm³/mol. The number of halogens is 2. The summed E-state index contributed by atoms with van der Waals surface area (Å²) in [6, 6.07) is 4.48. The van der Waals surface area contributed by atoms with Crippen molar-refractivity contribution in [1.82, 2.24) is 0 Å². The number of rotatable bonds is 3. The molecule has 0 bridgehead atoms. The summed E-state index contributed by atoms with van der Waals surface area (Å²) in [7, 11) is 0. The molecule has 0 unspecified atom stereocenters. The molecule has 1 fully saturated rings. The minimum atomic E-state index is -1.13. The van der Waals surface area contributed by atoms with E-state index >= 15 is 0 Å². The highest BCUT2D eigenvalue weighted by molar-refractivity contribution is 9.10. The topological polar surface area (TPSA) is 75.7 Å². The molecule has 1 aliphatic rings. The quantitative estimate of drug-likeness (QED) is 0.777. The van der Waals surface area contributed by atoms with Gasteiger partial charge in [-0.05, 0) is 18.2 Å². The van der Waals surface area contributed by atoms with Crippen LogP contribution in [0.1, 0.15) is 19.4 Å². The molecule has 2 rings (SSSR count). The van der Waals surface area contributed by atoms with Crippen molar-refractivity contribution < 1.29 is 19.3 Å². The zero-order valence-corrected chi connectivity index (χ0v) is 13.2. The third-order valence-corrected chi connectivity index (χ3v) is 3.95. The lowest BCUT2D eigenvalue weighted by atomic mass is 9.79. The lowest BCUT2D eigenvalue weighted by Gasteiger charge is -2.30. The van der Waals surface area contributed by atoms with Crippen LogP contribution in [0.2, 0.25) is 0 Å². The molecule has 114 valence electrons. The summed E-state index contributed by atoms with van der Waals surface area (Å²) in [6.45, 7) is 3.55. The Labute approximate surface area is 126 Å². The highest BCUT2D eigenvalue weighted by atomic mass is 79.9. The number of hydrogen-bond acceptors (Lipinski definition) is 4. The highest BCUT2D eigenvalue weighted by Crippen LogP contribution is 2.38. The monoisotopic (exact) mass is 349 g/mol. The molecule has 0 aromatic heterocycles. The lowest BCUT2D eigenvalue weighted by molar-refractivity contribution is 0.0266. The molecule has 0 amide bonds. The van der Waals surface area contributed by atoms with Gasteiger partial charge in [-0.25, -0.2) is 4.39 Å². The van der Waals surface area contributed by atoms with E-state index in [4.69, 9.17) is 10.5 Å². The molecule has 4 nitrogen and oxygen atoms in total. The van der Waals surface area contributed by atoms with Gasteiger partial charge in [0.1, 0.15) is 5.82 Å². The van der Waals surface area contributed by atoms with Crippen molar-refractivity contribution in [2.24, 2.45) is 11.7 Å². The summed E-state index contributed by atoms with van der Waals surface area (Å²) < 4.78 is 20.0. The molecular formula is C14H21BrFNO3. The Morgan fingerprint density at radius 1 is 1.40 bits per heavy atom. The predicted octanol–water partition coefficient (Wildman–Crippen LogP) is 1.77. The van der Waals surface area contributed by atoms with Crippen LogP contribution < -0.4 is 5.73 Å². The van der Waals surface area contributed by atoms with E-state index in [2.05, 4.69) is 15.9 Å². The maximum absolute atomic E-state index is 13.9. The Morgan fingerprint density at radius 2 is 2.05 bits per heavy atom. The van der Waals surface area contributed by atoms with Crippen LogP contribution >= 0.6 is 15.9 Å². The van der Waals surface area contributed by atoms with Crippen molar-refractivity contribution in [3.8, 4) is 0 Å². The van der Waals surface area contributed by atoms with Gasteiger partial charge >= 0.3 is 0 Å². The second kappa shape index (κ2) is 7.47. The first-order valence-electron chi connectivity index (χ1n) is 6.60. The van der Waals surface area contributed by atoms with Gasteiger partial charge in [-0.1, -0.05) is 29.8 Å². The van der Waals surface area contributed by atoms with Gasteiger partial charge in [0.25, 0.3) is 0 Å². The minimum absolute atomic E-state index is 0.0663. The standard InChI is InChI=1S/C12H15BrFNO3.C2H6/c13-7-1-2-10(14)8(3-7)12(15)6-18-11(5-17)9(12)4-16;1-2/h1-3,9,11,16-17H,4-6,15H2;1-2H3/t9-,11-,12-;/m1./s1. The van der Waals surface area contributed by atoms with Gasteiger partial charge in [-0.3, -0.25) is 0 Å². The van der Waals surface area contributed by atoms with Gasteiger partial charge in [-0.15, -0.1) is 0 Å². The zero-order valence-electron chi connectivity index (χ0n) is 11.6. The molecule has 0 aliphatic carbocycles. The largest absolute Gasteiger partial charge is 0.396 e. The van der Waals surface area contributed by atoms with E-state index in [1.807, 2.05) is 13.8 Å². The van der Waals surface area contributed by atoms with Crippen LogP contribution in [0.3, 0.4) is 0 Å². The Hall–Kier alpha value is -0.530. The average Bonchev–Trinajstić information content (AvgIpc) is 2.80. The minimum Gasteiger partial charge on any atom is -0.396 e. The smallest absolute Gasteiger partial charge is 0.128 e. The highest BCUT2D eigenvalue weighted by Gasteiger charge is 2.48. The fourth-order valence-electron chi connectivity index (χ4n) is 2.39. The summed E-state index contributed by atoms with van der Waals surface area (Å²) in [5.74, 6) is -0.979. The third kappa shape index (κ3) is 3.20. The summed E-state index contributed by atoms with van der Waals surface area (Å²) in [6.07, 6.45) is -0.571. The second-order valence-electron chi connectivity index (χ2n) is 4.49. The zero-order chi connectivity index (χ0) is 15.3. The van der Waals surface area contributed by atoms with Crippen molar-refractivity contribution in [1.29, 1.82) is 0 Å². The fourth-order valence-corrected chi connectivity index (χ4v) is 2.75. The van der Waals surface area contributed by atoms with Crippen LogP contribution in [-0.2, 0) is 10.3 Å². The van der Waals surface area contributed by atoms with Crippen LogP contribution in [-0.4, -0.2) is 36.1 Å². The van der Waals surface area contributed by atoms with Gasteiger partial charge in [0.15, 0.2) is 0 Å². The van der Waals surface area contributed by atoms with Gasteiger partial charge in [0.05, 0.1) is 31.5 Å². The molecular weight excluding hydrogens is 329 g/mol. The Bertz CT molecular complexity index is 446. The van der Waals surface area contributed by atoms with Gasteiger partial charge in [-0.2, -0.15) is 0 Å². The molecule has 0 radical (unpaired) electrons. The number of ether oxygens (including phenoxy) is 1. The molecule has 1 aromatic carbocycles. The number of benzene rings is 1. The first-order chi connectivity index (χ1) is 9.52. The van der Waals surface area contributed by atoms with E-state index in [1.165, 1.54) is 6.07 Å². The third-order valence-electron chi connectivity index (χ3n) is 3.45. The molecule has 20 heavy (non-hydrogen) atoms. The maximum Gasteiger partial charge on any atom is 0.128 e. The Morgan fingerprint density at radius 3 is 2.60 bits per heavy atom. The van der Waals surface area contributed by atoms with Crippen LogP contribution in [0, 0.1) is 11.7 Å². The lowest BCUT2D eigenvalue weighted by Crippen LogP contribution is -2.48. The average molecular weight is 350 g/mol. The molecule has 1 heterocycles. The van der Waals surface area contributed by atoms with Crippen molar-refractivity contribution >= 4 is 15.9 Å². The number of aliphatic hydroxyl groups excluding tert-OH is 2. The van der Waals surface area contributed by atoms with Crippen LogP contribution in [0.25, 0.3) is 0 Å². The van der Waals surface area contributed by atoms with Crippen LogP contribution in [0.15, 0.2) is 22.7 Å². The van der Waals surface area contributed by atoms with E-state index in [0.717, 1.165) is 0 Å². The summed E-state index contributed by atoms with van der Waals surface area (Å²) >= 11 is 3.27. The molecule has 4 N–H and O–H groups in total. The SMILES string of the molecule is CC.N[C@@]1(c2cc(Br)ccc2F)CO[C@H](CO)[C@H]1CO. The van der Waals surface area contributed by atoms with E-state index in [1.54, 1.807) is 12.1 Å².